The Labute approximate surface area is 225 Å². The van der Waals surface area contributed by atoms with Crippen molar-refractivity contribution in [1.82, 2.24) is 0 Å². The number of benzene rings is 3. The first-order chi connectivity index (χ1) is 17.4. The zero-order valence-electron chi connectivity index (χ0n) is 18.5. The van der Waals surface area contributed by atoms with Crippen molar-refractivity contribution in [2.24, 2.45) is 0 Å². The van der Waals surface area contributed by atoms with Crippen LogP contribution in [0.15, 0.2) is 83.8 Å². The second-order valence-electron chi connectivity index (χ2n) is 7.70. The summed E-state index contributed by atoms with van der Waals surface area (Å²) in [6.45, 7) is 0. The van der Waals surface area contributed by atoms with Gasteiger partial charge in [-0.1, -0.05) is 36.4 Å². The molecule has 5 nitrogen and oxygen atoms in total. The Morgan fingerprint density at radius 1 is 0.684 bits per heavy atom. The van der Waals surface area contributed by atoms with Gasteiger partial charge in [0.2, 0.25) is 0 Å². The van der Waals surface area contributed by atoms with E-state index in [0.29, 0.717) is 11.6 Å². The van der Waals surface area contributed by atoms with E-state index in [-0.39, 0.29) is 11.3 Å². The van der Waals surface area contributed by atoms with Crippen LogP contribution >= 0.6 is 29.6 Å². The van der Waals surface area contributed by atoms with Crippen LogP contribution in [0.4, 0.5) is 42.1 Å². The number of hydrogen-bond acceptors (Lipinski definition) is 3. The van der Waals surface area contributed by atoms with Crippen molar-refractivity contribution >= 4 is 58.7 Å². The topological polar surface area (TPSA) is 75.3 Å². The highest BCUT2D eigenvalue weighted by Crippen LogP contribution is 2.68. The van der Waals surface area contributed by atoms with Gasteiger partial charge in [0.05, 0.1) is 16.5 Å². The first-order valence-electron chi connectivity index (χ1n) is 10.2. The van der Waals surface area contributed by atoms with Gasteiger partial charge in [-0.15, -0.1) is 0 Å². The highest BCUT2D eigenvalue weighted by atomic mass is 79.9. The van der Waals surface area contributed by atoms with E-state index < -0.39 is 45.7 Å². The predicted molar refractivity (Wildman–Crippen MR) is 135 cm³/mol. The van der Waals surface area contributed by atoms with Gasteiger partial charge in [-0.2, -0.15) is 30.7 Å². The summed E-state index contributed by atoms with van der Waals surface area (Å²) in [6.07, 6.45) is -6.76. The van der Waals surface area contributed by atoms with Crippen molar-refractivity contribution in [2.45, 2.75) is 22.2 Å². The van der Waals surface area contributed by atoms with Gasteiger partial charge in [0.1, 0.15) is 0 Å². The van der Waals surface area contributed by atoms with Crippen molar-refractivity contribution in [3.8, 4) is 0 Å². The SMILES string of the molecule is O=C(Nc1cccc(C(=O)Nc2ccccc2S(=O)(Br)(Br)C(F)(F)C(F)(F)C(F)(F)F)c1)c1ccccc1. The van der Waals surface area contributed by atoms with Gasteiger partial charge in [0.15, 0.2) is 0 Å². The number of carbonyl (C=O) groups excluding carboxylic acids is 2. The molecule has 15 heteroatoms. The quantitative estimate of drug-likeness (QED) is 0.196. The summed E-state index contributed by atoms with van der Waals surface area (Å²) >= 11 is 3.89. The third-order valence-electron chi connectivity index (χ3n) is 5.07. The van der Waals surface area contributed by atoms with E-state index in [9.17, 15) is 44.5 Å². The number of amides is 2. The minimum Gasteiger partial charge on any atom is -0.322 e. The number of nitrogens with one attached hydrogen (secondary N) is 2. The molecule has 0 saturated carbocycles. The van der Waals surface area contributed by atoms with Gasteiger partial charge in [-0.25, -0.2) is 0 Å². The molecule has 0 aliphatic rings. The Bertz CT molecular complexity index is 1440. The zero-order valence-corrected chi connectivity index (χ0v) is 22.5. The first kappa shape index (κ1) is 29.8. The molecular formula is C23H15Br2F7N2O3S. The lowest BCUT2D eigenvalue weighted by Gasteiger charge is -2.42. The fraction of sp³-hybridized carbons (Fsp3) is 0.130. The third kappa shape index (κ3) is 5.36. The lowest BCUT2D eigenvalue weighted by molar-refractivity contribution is -0.331. The maximum absolute atomic E-state index is 14.7. The van der Waals surface area contributed by atoms with Gasteiger partial charge >= 0.3 is 17.4 Å². The third-order valence-corrected chi connectivity index (χ3v) is 11.8. The molecule has 2 amide bonds. The predicted octanol–water partition coefficient (Wildman–Crippen LogP) is 7.78. The molecule has 3 aromatic carbocycles. The highest BCUT2D eigenvalue weighted by Gasteiger charge is 2.82. The molecule has 0 aromatic heterocycles. The summed E-state index contributed by atoms with van der Waals surface area (Å²) in [5.74, 6) is -15.0. The summed E-state index contributed by atoms with van der Waals surface area (Å²) in [5.41, 5.74) is -0.451. The summed E-state index contributed by atoms with van der Waals surface area (Å²) in [6, 6.07) is 16.8. The van der Waals surface area contributed by atoms with Crippen molar-refractivity contribution in [3.05, 3.63) is 90.0 Å². The van der Waals surface area contributed by atoms with Crippen molar-refractivity contribution in [3.63, 3.8) is 0 Å². The van der Waals surface area contributed by atoms with E-state index in [0.717, 1.165) is 18.2 Å². The molecule has 0 aliphatic carbocycles. The number of anilines is 2. The Morgan fingerprint density at radius 2 is 1.21 bits per heavy atom. The van der Waals surface area contributed by atoms with E-state index >= 15 is 0 Å². The van der Waals surface area contributed by atoms with Crippen LogP contribution in [-0.4, -0.2) is 33.4 Å². The summed E-state index contributed by atoms with van der Waals surface area (Å²) in [4.78, 5) is 23.9. The average Bonchev–Trinajstić information content (AvgIpc) is 2.83. The number of alkyl halides is 7. The molecule has 0 spiro atoms. The smallest absolute Gasteiger partial charge is 0.322 e. The molecular weight excluding hydrogens is 677 g/mol. The molecule has 3 rings (SSSR count). The molecule has 0 aliphatic heterocycles. The van der Waals surface area contributed by atoms with Crippen LogP contribution in [0.5, 0.6) is 0 Å². The van der Waals surface area contributed by atoms with Crippen LogP contribution < -0.4 is 10.6 Å². The Kier molecular flexibility index (Phi) is 7.89. The maximum Gasteiger partial charge on any atom is 0.461 e. The van der Waals surface area contributed by atoms with Crippen LogP contribution in [0.2, 0.25) is 0 Å². The van der Waals surface area contributed by atoms with Crippen LogP contribution in [0.3, 0.4) is 0 Å². The van der Waals surface area contributed by atoms with Crippen molar-refractivity contribution < 1.29 is 44.5 Å². The molecule has 0 bridgehead atoms. The van der Waals surface area contributed by atoms with E-state index in [2.05, 4.69) is 10.6 Å². The zero-order chi connectivity index (χ0) is 28.6. The first-order valence-corrected chi connectivity index (χ1v) is 15.8. The number of halogens is 9. The fourth-order valence-corrected chi connectivity index (χ4v) is 7.63. The Morgan fingerprint density at radius 3 is 1.82 bits per heavy atom. The molecule has 0 heterocycles. The Hall–Kier alpha value is -2.78. The summed E-state index contributed by atoms with van der Waals surface area (Å²) < 4.78 is 109. The van der Waals surface area contributed by atoms with E-state index in [1.54, 1.807) is 18.2 Å². The highest BCUT2D eigenvalue weighted by molar-refractivity contribution is 9.86. The minimum absolute atomic E-state index is 0.152. The molecule has 0 radical (unpaired) electrons. The lowest BCUT2D eigenvalue weighted by Crippen LogP contribution is -2.60. The number of hydrogen-bond donors (Lipinski definition) is 2. The second-order valence-corrected chi connectivity index (χ2v) is 20.2. The largest absolute Gasteiger partial charge is 0.461 e. The number of carbonyl (C=O) groups is 2. The second kappa shape index (κ2) is 10.1. The van der Waals surface area contributed by atoms with Gasteiger partial charge < -0.3 is 10.6 Å². The fourth-order valence-electron chi connectivity index (χ4n) is 3.11. The van der Waals surface area contributed by atoms with E-state index in [1.165, 1.54) is 36.4 Å². The molecule has 3 aromatic rings. The van der Waals surface area contributed by atoms with Crippen LogP contribution in [0, 0.1) is 0 Å². The van der Waals surface area contributed by atoms with E-state index in [4.69, 9.17) is 0 Å². The van der Waals surface area contributed by atoms with Gasteiger partial charge in [0.25, 0.3) is 11.8 Å². The van der Waals surface area contributed by atoms with Gasteiger partial charge in [-0.3, -0.25) is 13.8 Å². The number of para-hydroxylation sites is 1. The molecule has 2 N–H and O–H groups in total. The maximum atomic E-state index is 14.7. The van der Waals surface area contributed by atoms with Crippen LogP contribution in [0.1, 0.15) is 20.7 Å². The molecule has 38 heavy (non-hydrogen) atoms. The summed E-state index contributed by atoms with van der Waals surface area (Å²) in [5, 5.41) is -1.61. The summed E-state index contributed by atoms with van der Waals surface area (Å²) in [7, 11) is 0. The molecule has 0 atom stereocenters. The van der Waals surface area contributed by atoms with Gasteiger partial charge in [-0.05, 0) is 42.5 Å². The van der Waals surface area contributed by atoms with Gasteiger partial charge in [0, 0.05) is 46.4 Å². The Balaban J connectivity index is 1.95. The molecule has 0 unspecified atom stereocenters. The lowest BCUT2D eigenvalue weighted by atomic mass is 10.1. The monoisotopic (exact) mass is 690 g/mol. The molecule has 0 fully saturated rings. The standard InChI is InChI=1S/C23H15Br2F7N2O3S/c24-38(25,37,23(31,32)21(26,27)22(28,29)30)18-12-5-4-11-17(18)34-20(36)15-9-6-10-16(13-15)33-19(35)14-7-2-1-3-8-14/h1-13H,(H,33,35)(H,34,36). The van der Waals surface area contributed by atoms with Crippen LogP contribution in [0.25, 0.3) is 0 Å². The van der Waals surface area contributed by atoms with Crippen LogP contribution in [-0.2, 0) is 5.93 Å². The van der Waals surface area contributed by atoms with Crippen molar-refractivity contribution in [2.75, 3.05) is 10.6 Å². The molecule has 204 valence electrons. The molecule has 0 saturated heterocycles. The van der Waals surface area contributed by atoms with Crippen molar-refractivity contribution in [1.29, 1.82) is 0 Å². The number of rotatable bonds is 7. The minimum atomic E-state index is -6.76. The average molecular weight is 692 g/mol. The normalized spacial score (nSPS) is 13.8. The van der Waals surface area contributed by atoms with E-state index in [1.807, 2.05) is 29.6 Å².